The van der Waals surface area contributed by atoms with Crippen molar-refractivity contribution in [3.8, 4) is 5.69 Å². The van der Waals surface area contributed by atoms with Gasteiger partial charge in [-0.2, -0.15) is 0 Å². The fourth-order valence-electron chi connectivity index (χ4n) is 1.99. The molecule has 96 valence electrons. The van der Waals surface area contributed by atoms with Gasteiger partial charge in [-0.05, 0) is 31.6 Å². The molecule has 0 amide bonds. The van der Waals surface area contributed by atoms with Gasteiger partial charge in [0, 0.05) is 5.92 Å². The Kier molecular flexibility index (Phi) is 4.47. The fraction of sp³-hybridized carbons (Fsp3) is 0.429. The summed E-state index contributed by atoms with van der Waals surface area (Å²) in [6.45, 7) is 6.39. The average molecular weight is 244 g/mol. The van der Waals surface area contributed by atoms with Gasteiger partial charge in [0.2, 0.25) is 0 Å². The van der Waals surface area contributed by atoms with Crippen molar-refractivity contribution in [3.63, 3.8) is 0 Å². The van der Waals surface area contributed by atoms with Gasteiger partial charge in [0.1, 0.15) is 0 Å². The highest BCUT2D eigenvalue weighted by molar-refractivity contribution is 5.32. The van der Waals surface area contributed by atoms with Gasteiger partial charge in [-0.1, -0.05) is 37.3 Å². The van der Waals surface area contributed by atoms with Crippen molar-refractivity contribution >= 4 is 0 Å². The number of rotatable bonds is 6. The first kappa shape index (κ1) is 12.8. The van der Waals surface area contributed by atoms with E-state index in [1.807, 2.05) is 29.1 Å². The van der Waals surface area contributed by atoms with Gasteiger partial charge >= 0.3 is 0 Å². The van der Waals surface area contributed by atoms with E-state index < -0.39 is 0 Å². The van der Waals surface area contributed by atoms with Gasteiger partial charge in [0.25, 0.3) is 0 Å². The molecular formula is C14H20N4. The van der Waals surface area contributed by atoms with Crippen LogP contribution in [0.1, 0.15) is 31.9 Å². The molecule has 0 spiro atoms. The molecule has 2 aromatic rings. The number of aromatic nitrogens is 3. The summed E-state index contributed by atoms with van der Waals surface area (Å²) in [5, 5.41) is 11.6. The summed E-state index contributed by atoms with van der Waals surface area (Å²) >= 11 is 0. The van der Waals surface area contributed by atoms with Gasteiger partial charge in [0.05, 0.1) is 17.6 Å². The Labute approximate surface area is 108 Å². The topological polar surface area (TPSA) is 42.7 Å². The predicted octanol–water partition coefficient (Wildman–Crippen LogP) is 2.37. The Bertz CT molecular complexity index is 464. The van der Waals surface area contributed by atoms with Crippen molar-refractivity contribution in [1.82, 2.24) is 20.3 Å². The fourth-order valence-corrected chi connectivity index (χ4v) is 1.99. The highest BCUT2D eigenvalue weighted by Crippen LogP contribution is 2.20. The van der Waals surface area contributed by atoms with Gasteiger partial charge < -0.3 is 5.32 Å². The molecule has 18 heavy (non-hydrogen) atoms. The van der Waals surface area contributed by atoms with E-state index in [0.29, 0.717) is 5.92 Å². The highest BCUT2D eigenvalue weighted by Gasteiger charge is 2.13. The number of benzene rings is 1. The molecule has 4 nitrogen and oxygen atoms in total. The van der Waals surface area contributed by atoms with Crippen LogP contribution in [0, 0.1) is 0 Å². The number of nitrogens with zero attached hydrogens (tertiary/aromatic N) is 3. The molecule has 1 aromatic heterocycles. The zero-order chi connectivity index (χ0) is 12.8. The third-order valence-corrected chi connectivity index (χ3v) is 3.09. The molecule has 0 aliphatic carbocycles. The van der Waals surface area contributed by atoms with E-state index in [1.165, 1.54) is 5.69 Å². The van der Waals surface area contributed by atoms with Gasteiger partial charge in [0.15, 0.2) is 0 Å². The molecule has 0 fully saturated rings. The third-order valence-electron chi connectivity index (χ3n) is 3.09. The molecule has 0 aliphatic heterocycles. The van der Waals surface area contributed by atoms with Crippen LogP contribution in [-0.4, -0.2) is 28.1 Å². The number of hydrogen-bond acceptors (Lipinski definition) is 3. The van der Waals surface area contributed by atoms with Gasteiger partial charge in [-0.15, -0.1) is 5.10 Å². The molecule has 0 saturated heterocycles. The van der Waals surface area contributed by atoms with Crippen LogP contribution < -0.4 is 5.32 Å². The van der Waals surface area contributed by atoms with Crippen LogP contribution in [0.2, 0.25) is 0 Å². The number of hydrogen-bond donors (Lipinski definition) is 1. The SMILES string of the molecule is CCNCCC(C)c1cnnn1-c1ccccc1. The third kappa shape index (κ3) is 2.96. The average Bonchev–Trinajstić information content (AvgIpc) is 2.89. The van der Waals surface area contributed by atoms with Crippen LogP contribution in [0.15, 0.2) is 36.5 Å². The molecule has 1 heterocycles. The van der Waals surface area contributed by atoms with E-state index in [2.05, 4.69) is 41.6 Å². The molecule has 1 N–H and O–H groups in total. The molecule has 0 saturated carbocycles. The smallest absolute Gasteiger partial charge is 0.0732 e. The van der Waals surface area contributed by atoms with E-state index >= 15 is 0 Å². The Morgan fingerprint density at radius 3 is 2.78 bits per heavy atom. The monoisotopic (exact) mass is 244 g/mol. The Morgan fingerprint density at radius 1 is 1.28 bits per heavy atom. The first-order valence-corrected chi connectivity index (χ1v) is 6.49. The van der Waals surface area contributed by atoms with Crippen LogP contribution in [-0.2, 0) is 0 Å². The molecule has 1 aromatic carbocycles. The van der Waals surface area contributed by atoms with Crippen LogP contribution in [0.25, 0.3) is 5.69 Å². The summed E-state index contributed by atoms with van der Waals surface area (Å²) in [4.78, 5) is 0. The van der Waals surface area contributed by atoms with Crippen LogP contribution in [0.3, 0.4) is 0 Å². The van der Waals surface area contributed by atoms with E-state index in [9.17, 15) is 0 Å². The second-order valence-corrected chi connectivity index (χ2v) is 4.45. The lowest BCUT2D eigenvalue weighted by Gasteiger charge is -2.13. The van der Waals surface area contributed by atoms with Gasteiger partial charge in [-0.25, -0.2) is 4.68 Å². The Morgan fingerprint density at radius 2 is 2.06 bits per heavy atom. The summed E-state index contributed by atoms with van der Waals surface area (Å²) in [5.74, 6) is 0.444. The van der Waals surface area contributed by atoms with E-state index in [4.69, 9.17) is 0 Å². The van der Waals surface area contributed by atoms with Crippen molar-refractivity contribution in [2.24, 2.45) is 0 Å². The molecule has 0 radical (unpaired) electrons. The van der Waals surface area contributed by atoms with Gasteiger partial charge in [-0.3, -0.25) is 0 Å². The molecule has 1 atom stereocenters. The lowest BCUT2D eigenvalue weighted by molar-refractivity contribution is 0.583. The van der Waals surface area contributed by atoms with Crippen molar-refractivity contribution < 1.29 is 0 Å². The van der Waals surface area contributed by atoms with Crippen LogP contribution in [0.4, 0.5) is 0 Å². The second-order valence-electron chi connectivity index (χ2n) is 4.45. The molecule has 4 heteroatoms. The quantitative estimate of drug-likeness (QED) is 0.793. The summed E-state index contributed by atoms with van der Waals surface area (Å²) in [6, 6.07) is 10.1. The minimum Gasteiger partial charge on any atom is -0.317 e. The standard InChI is InChI=1S/C14H20N4/c1-3-15-10-9-12(2)14-11-16-17-18(14)13-7-5-4-6-8-13/h4-8,11-12,15H,3,9-10H2,1-2H3. The zero-order valence-electron chi connectivity index (χ0n) is 11.0. The molecular weight excluding hydrogens is 224 g/mol. The van der Waals surface area contributed by atoms with E-state index in [-0.39, 0.29) is 0 Å². The Hall–Kier alpha value is -1.68. The predicted molar refractivity (Wildman–Crippen MR) is 72.9 cm³/mol. The van der Waals surface area contributed by atoms with E-state index in [0.717, 1.165) is 25.2 Å². The summed E-state index contributed by atoms with van der Waals surface area (Å²) in [5.41, 5.74) is 2.24. The summed E-state index contributed by atoms with van der Waals surface area (Å²) < 4.78 is 1.93. The molecule has 1 unspecified atom stereocenters. The summed E-state index contributed by atoms with van der Waals surface area (Å²) in [7, 11) is 0. The van der Waals surface area contributed by atoms with Crippen molar-refractivity contribution in [2.45, 2.75) is 26.2 Å². The van der Waals surface area contributed by atoms with Crippen molar-refractivity contribution in [2.75, 3.05) is 13.1 Å². The van der Waals surface area contributed by atoms with Crippen LogP contribution in [0.5, 0.6) is 0 Å². The molecule has 2 rings (SSSR count). The lowest BCUT2D eigenvalue weighted by Crippen LogP contribution is -2.17. The molecule has 0 bridgehead atoms. The Balaban J connectivity index is 2.12. The maximum atomic E-state index is 4.18. The second kappa shape index (κ2) is 6.31. The van der Waals surface area contributed by atoms with E-state index in [1.54, 1.807) is 0 Å². The normalized spacial score (nSPS) is 12.6. The zero-order valence-corrected chi connectivity index (χ0v) is 11.0. The number of para-hydroxylation sites is 1. The minimum atomic E-state index is 0.444. The largest absolute Gasteiger partial charge is 0.317 e. The minimum absolute atomic E-state index is 0.444. The number of nitrogens with one attached hydrogen (secondary N) is 1. The lowest BCUT2D eigenvalue weighted by atomic mass is 10.0. The maximum Gasteiger partial charge on any atom is 0.0732 e. The first-order valence-electron chi connectivity index (χ1n) is 6.49. The first-order chi connectivity index (χ1) is 8.83. The van der Waals surface area contributed by atoms with Crippen molar-refractivity contribution in [3.05, 3.63) is 42.2 Å². The summed E-state index contributed by atoms with van der Waals surface area (Å²) in [6.07, 6.45) is 2.96. The highest BCUT2D eigenvalue weighted by atomic mass is 15.4. The van der Waals surface area contributed by atoms with Crippen LogP contribution >= 0.6 is 0 Å². The molecule has 0 aliphatic rings. The maximum absolute atomic E-state index is 4.18. The van der Waals surface area contributed by atoms with Crippen molar-refractivity contribution in [1.29, 1.82) is 0 Å².